The van der Waals surface area contributed by atoms with Crippen molar-refractivity contribution in [3.8, 4) is 5.88 Å². The highest BCUT2D eigenvalue weighted by molar-refractivity contribution is 5.78. The predicted molar refractivity (Wildman–Crippen MR) is 81.6 cm³/mol. The average molecular weight is 305 g/mol. The first kappa shape index (κ1) is 15.2. The van der Waals surface area contributed by atoms with Crippen LogP contribution in [0.4, 0.5) is 0 Å². The number of carbonyl (C=O) groups is 1. The van der Waals surface area contributed by atoms with Crippen molar-refractivity contribution < 1.29 is 14.3 Å². The third-order valence-electron chi connectivity index (χ3n) is 4.80. The molecule has 2 aliphatic rings. The van der Waals surface area contributed by atoms with Gasteiger partial charge in [-0.15, -0.1) is 0 Å². The Morgan fingerprint density at radius 1 is 1.50 bits per heavy atom. The number of pyridine rings is 1. The van der Waals surface area contributed by atoms with E-state index in [1.165, 1.54) is 0 Å². The summed E-state index contributed by atoms with van der Waals surface area (Å²) in [5.74, 6) is 0.679. The number of nitrogens with one attached hydrogen (secondary N) is 1. The summed E-state index contributed by atoms with van der Waals surface area (Å²) in [5.41, 5.74) is 0.899. The minimum atomic E-state index is -0.205. The Morgan fingerprint density at radius 3 is 2.95 bits per heavy atom. The molecule has 22 heavy (non-hydrogen) atoms. The van der Waals surface area contributed by atoms with Gasteiger partial charge in [-0.05, 0) is 25.8 Å². The molecule has 6 nitrogen and oxygen atoms in total. The lowest BCUT2D eigenvalue weighted by atomic mass is 9.83. The summed E-state index contributed by atoms with van der Waals surface area (Å²) in [7, 11) is 1.65. The van der Waals surface area contributed by atoms with Crippen LogP contribution in [0.25, 0.3) is 0 Å². The second kappa shape index (κ2) is 6.22. The van der Waals surface area contributed by atoms with E-state index in [0.717, 1.165) is 38.0 Å². The molecule has 120 valence electrons. The van der Waals surface area contributed by atoms with E-state index in [-0.39, 0.29) is 24.2 Å². The second-order valence-electron chi connectivity index (χ2n) is 6.09. The van der Waals surface area contributed by atoms with E-state index in [1.807, 2.05) is 13.0 Å². The van der Waals surface area contributed by atoms with Gasteiger partial charge in [-0.2, -0.15) is 0 Å². The Labute approximate surface area is 130 Å². The third kappa shape index (κ3) is 2.94. The van der Waals surface area contributed by atoms with E-state index in [0.29, 0.717) is 5.88 Å². The molecule has 1 atom stereocenters. The first-order valence-electron chi connectivity index (χ1n) is 7.76. The van der Waals surface area contributed by atoms with Crippen LogP contribution in [0.1, 0.15) is 25.3 Å². The monoisotopic (exact) mass is 305 g/mol. The number of rotatable bonds is 3. The molecule has 6 heteroatoms. The van der Waals surface area contributed by atoms with Gasteiger partial charge >= 0.3 is 0 Å². The van der Waals surface area contributed by atoms with Gasteiger partial charge in [-0.3, -0.25) is 9.69 Å². The van der Waals surface area contributed by atoms with Crippen LogP contribution in [0.5, 0.6) is 5.88 Å². The number of hydrogen-bond donors (Lipinski definition) is 1. The number of hydrogen-bond acceptors (Lipinski definition) is 5. The van der Waals surface area contributed by atoms with Crippen molar-refractivity contribution in [1.82, 2.24) is 15.2 Å². The number of aromatic nitrogens is 1. The highest BCUT2D eigenvalue weighted by atomic mass is 16.5. The molecule has 0 aliphatic carbocycles. The van der Waals surface area contributed by atoms with Crippen molar-refractivity contribution in [2.75, 3.05) is 26.8 Å². The Hall–Kier alpha value is -1.66. The van der Waals surface area contributed by atoms with E-state index in [9.17, 15) is 4.79 Å². The molecule has 0 saturated carbocycles. The van der Waals surface area contributed by atoms with Gasteiger partial charge < -0.3 is 14.8 Å². The van der Waals surface area contributed by atoms with Gasteiger partial charge in [-0.25, -0.2) is 4.98 Å². The number of likely N-dealkylation sites (tertiary alicyclic amines) is 1. The quantitative estimate of drug-likeness (QED) is 0.901. The molecule has 0 bridgehead atoms. The molecule has 2 aliphatic heterocycles. The summed E-state index contributed by atoms with van der Waals surface area (Å²) in [5, 5.41) is 3.01. The molecule has 3 heterocycles. The lowest BCUT2D eigenvalue weighted by Gasteiger charge is -2.47. The molecule has 2 fully saturated rings. The van der Waals surface area contributed by atoms with Crippen LogP contribution in [0.3, 0.4) is 0 Å². The topological polar surface area (TPSA) is 63.7 Å². The third-order valence-corrected chi connectivity index (χ3v) is 4.80. The zero-order valence-electron chi connectivity index (χ0n) is 13.2. The molecule has 1 amide bonds. The minimum Gasteiger partial charge on any atom is -0.481 e. The van der Waals surface area contributed by atoms with Gasteiger partial charge in [0.2, 0.25) is 11.8 Å². The fraction of sp³-hybridized carbons (Fsp3) is 0.625. The average Bonchev–Trinajstić information content (AvgIpc) is 2.54. The number of nitrogens with zero attached hydrogens (tertiary/aromatic N) is 2. The van der Waals surface area contributed by atoms with Crippen LogP contribution < -0.4 is 10.1 Å². The number of morpholine rings is 1. The maximum Gasteiger partial charge on any atom is 0.246 e. The van der Waals surface area contributed by atoms with Crippen molar-refractivity contribution in [1.29, 1.82) is 0 Å². The summed E-state index contributed by atoms with van der Waals surface area (Å²) in [6, 6.07) is 4.06. The lowest BCUT2D eigenvalue weighted by Crippen LogP contribution is -2.62. The van der Waals surface area contributed by atoms with Crippen LogP contribution in [0, 0.1) is 0 Å². The van der Waals surface area contributed by atoms with E-state index in [1.54, 1.807) is 13.3 Å². The summed E-state index contributed by atoms with van der Waals surface area (Å²) >= 11 is 0. The Balaban J connectivity index is 1.61. The molecule has 1 aromatic heterocycles. The molecule has 0 radical (unpaired) electrons. The van der Waals surface area contributed by atoms with E-state index in [4.69, 9.17) is 9.47 Å². The lowest BCUT2D eigenvalue weighted by molar-refractivity contribution is -0.159. The van der Waals surface area contributed by atoms with Gasteiger partial charge in [0.1, 0.15) is 6.61 Å². The molecule has 0 unspecified atom stereocenters. The number of methoxy groups -OCH3 is 1. The van der Waals surface area contributed by atoms with Crippen LogP contribution in [0.2, 0.25) is 0 Å². The summed E-state index contributed by atoms with van der Waals surface area (Å²) in [4.78, 5) is 18.0. The first-order valence-corrected chi connectivity index (χ1v) is 7.76. The van der Waals surface area contributed by atoms with Crippen LogP contribution in [-0.2, 0) is 16.1 Å². The van der Waals surface area contributed by atoms with E-state index in [2.05, 4.69) is 21.3 Å². The summed E-state index contributed by atoms with van der Waals surface area (Å²) < 4.78 is 11.2. The smallest absolute Gasteiger partial charge is 0.246 e. The molecule has 1 aromatic rings. The number of ether oxygens (including phenoxy) is 2. The largest absolute Gasteiger partial charge is 0.481 e. The van der Waals surface area contributed by atoms with E-state index >= 15 is 0 Å². The molecule has 1 spiro atoms. The molecule has 1 N–H and O–H groups in total. The second-order valence-corrected chi connectivity index (χ2v) is 6.09. The van der Waals surface area contributed by atoms with Gasteiger partial charge in [0.15, 0.2) is 0 Å². The van der Waals surface area contributed by atoms with Gasteiger partial charge in [-0.1, -0.05) is 6.07 Å². The Bertz CT molecular complexity index is 541. The molecule has 2 saturated heterocycles. The van der Waals surface area contributed by atoms with Crippen molar-refractivity contribution in [2.45, 2.75) is 38.0 Å². The highest BCUT2D eigenvalue weighted by Crippen LogP contribution is 2.32. The Morgan fingerprint density at radius 2 is 2.27 bits per heavy atom. The van der Waals surface area contributed by atoms with Crippen molar-refractivity contribution >= 4 is 5.91 Å². The Kier molecular flexibility index (Phi) is 4.31. The molecule has 3 rings (SSSR count). The van der Waals surface area contributed by atoms with Crippen molar-refractivity contribution in [3.05, 3.63) is 23.9 Å². The zero-order chi connectivity index (χ0) is 15.6. The summed E-state index contributed by atoms with van der Waals surface area (Å²) in [6.07, 6.45) is 3.60. The van der Waals surface area contributed by atoms with Crippen LogP contribution >= 0.6 is 0 Å². The number of amides is 1. The van der Waals surface area contributed by atoms with E-state index < -0.39 is 0 Å². The normalized spacial score (nSPS) is 25.0. The maximum atomic E-state index is 11.4. The number of carbonyl (C=O) groups excluding carboxylic acids is 1. The van der Waals surface area contributed by atoms with Gasteiger partial charge in [0.25, 0.3) is 0 Å². The summed E-state index contributed by atoms with van der Waals surface area (Å²) in [6.45, 7) is 4.93. The molecular formula is C16H23N3O3. The standard InChI is InChI=1S/C16H23N3O3/c1-12-16(22-11-14(20)18-12)5-8-19(9-6-16)10-13-4-3-7-17-15(13)21-2/h3-4,7,12H,5-6,8-11H2,1-2H3,(H,18,20)/t12-/m1/s1. The number of piperidine rings is 1. The molecule has 0 aromatic carbocycles. The molecular weight excluding hydrogens is 282 g/mol. The van der Waals surface area contributed by atoms with Gasteiger partial charge in [0.05, 0.1) is 18.8 Å². The minimum absolute atomic E-state index is 0.0133. The van der Waals surface area contributed by atoms with Crippen LogP contribution in [0.15, 0.2) is 18.3 Å². The van der Waals surface area contributed by atoms with Crippen molar-refractivity contribution in [3.63, 3.8) is 0 Å². The zero-order valence-corrected chi connectivity index (χ0v) is 13.2. The highest BCUT2D eigenvalue weighted by Gasteiger charge is 2.44. The fourth-order valence-electron chi connectivity index (χ4n) is 3.39. The first-order chi connectivity index (χ1) is 10.6. The maximum absolute atomic E-state index is 11.4. The van der Waals surface area contributed by atoms with Crippen molar-refractivity contribution in [2.24, 2.45) is 0 Å². The predicted octanol–water partition coefficient (Wildman–Crippen LogP) is 0.960. The van der Waals surface area contributed by atoms with Crippen LogP contribution in [-0.4, -0.2) is 54.2 Å². The fourth-order valence-corrected chi connectivity index (χ4v) is 3.39. The SMILES string of the molecule is COc1ncccc1CN1CCC2(CC1)OCC(=O)N[C@@H]2C. The van der Waals surface area contributed by atoms with Gasteiger partial charge in [0, 0.05) is 31.4 Å².